The van der Waals surface area contributed by atoms with Crippen LogP contribution in [-0.4, -0.2) is 38.0 Å². The van der Waals surface area contributed by atoms with Crippen molar-refractivity contribution in [3.8, 4) is 0 Å². The molecule has 1 atom stereocenters. The molecule has 1 aromatic rings. The minimum atomic E-state index is -4.44. The van der Waals surface area contributed by atoms with Gasteiger partial charge in [-0.25, -0.2) is 5.06 Å². The van der Waals surface area contributed by atoms with Gasteiger partial charge in [0.05, 0.1) is 12.8 Å². The molecule has 1 amide bonds. The molecular weight excluding hydrogens is 295 g/mol. The van der Waals surface area contributed by atoms with Crippen molar-refractivity contribution in [3.63, 3.8) is 0 Å². The van der Waals surface area contributed by atoms with Crippen molar-refractivity contribution >= 4 is 19.7 Å². The summed E-state index contributed by atoms with van der Waals surface area (Å²) >= 11 is 0. The Morgan fingerprint density at radius 1 is 1.38 bits per heavy atom. The van der Waals surface area contributed by atoms with Crippen LogP contribution in [0.3, 0.4) is 0 Å². The Hall–Kier alpha value is -1.79. The van der Waals surface area contributed by atoms with Crippen LogP contribution in [0.15, 0.2) is 47.0 Å². The second-order valence-corrected chi connectivity index (χ2v) is 6.27. The fourth-order valence-electron chi connectivity index (χ4n) is 1.70. The Bertz CT molecular complexity index is 623. The molecule has 1 aliphatic carbocycles. The quantitative estimate of drug-likeness (QED) is 0.241. The number of allylic oxidation sites excluding steroid dienone is 1. The molecule has 2 rings (SSSR count). The Morgan fingerprint density at radius 3 is 2.52 bits per heavy atom. The molecule has 7 nitrogen and oxygen atoms in total. The zero-order valence-electron chi connectivity index (χ0n) is 11.0. The van der Waals surface area contributed by atoms with E-state index < -0.39 is 19.3 Å². The predicted molar refractivity (Wildman–Crippen MR) is 75.8 cm³/mol. The highest BCUT2D eigenvalue weighted by molar-refractivity contribution is 7.52. The maximum atomic E-state index is 11.7. The lowest BCUT2D eigenvalue weighted by Crippen LogP contribution is -2.28. The fourth-order valence-corrected chi connectivity index (χ4v) is 2.59. The summed E-state index contributed by atoms with van der Waals surface area (Å²) in [4.78, 5) is 33.6. The average molecular weight is 310 g/mol. The van der Waals surface area contributed by atoms with E-state index in [4.69, 9.17) is 9.79 Å². The summed E-state index contributed by atoms with van der Waals surface area (Å²) in [6, 6.07) is 8.82. The largest absolute Gasteiger partial charge is 0.354 e. The molecule has 21 heavy (non-hydrogen) atoms. The molecule has 0 spiro atoms. The lowest BCUT2D eigenvalue weighted by Gasteiger charge is -2.14. The highest BCUT2D eigenvalue weighted by Gasteiger charge is 2.35. The van der Waals surface area contributed by atoms with Crippen molar-refractivity contribution in [1.29, 1.82) is 0 Å². The summed E-state index contributed by atoms with van der Waals surface area (Å²) < 4.78 is 11.2. The first-order chi connectivity index (χ1) is 9.88. The third-order valence-electron chi connectivity index (χ3n) is 2.85. The van der Waals surface area contributed by atoms with E-state index >= 15 is 0 Å². The van der Waals surface area contributed by atoms with Gasteiger partial charge in [0, 0.05) is 0 Å². The zero-order chi connectivity index (χ0) is 15.5. The number of carbonyl (C=O) groups excluding carboxylic acids is 1. The van der Waals surface area contributed by atoms with Crippen molar-refractivity contribution in [3.05, 3.63) is 47.5 Å². The molecule has 0 aromatic heterocycles. The SMILES string of the molecule is O=C(C=NC(C1=CC1)P(=O)(O)O)N(O)Cc1ccccc1. The van der Waals surface area contributed by atoms with Gasteiger partial charge in [0.2, 0.25) is 0 Å². The van der Waals surface area contributed by atoms with Crippen molar-refractivity contribution in [1.82, 2.24) is 5.06 Å². The van der Waals surface area contributed by atoms with Gasteiger partial charge in [-0.3, -0.25) is 19.6 Å². The Balaban J connectivity index is 1.98. The minimum absolute atomic E-state index is 0.0328. The molecule has 112 valence electrons. The number of aliphatic imine (C=N–C) groups is 1. The first-order valence-electron chi connectivity index (χ1n) is 6.19. The number of hydroxylamine groups is 2. The van der Waals surface area contributed by atoms with Gasteiger partial charge in [0.15, 0.2) is 5.78 Å². The number of hydrogen-bond acceptors (Lipinski definition) is 4. The summed E-state index contributed by atoms with van der Waals surface area (Å²) in [5, 5.41) is 10.1. The molecule has 1 aliphatic rings. The van der Waals surface area contributed by atoms with E-state index in [-0.39, 0.29) is 6.54 Å². The van der Waals surface area contributed by atoms with Crippen molar-refractivity contribution < 1.29 is 24.4 Å². The topological polar surface area (TPSA) is 110 Å². The molecule has 0 bridgehead atoms. The number of benzene rings is 1. The zero-order valence-corrected chi connectivity index (χ0v) is 11.9. The molecule has 1 unspecified atom stereocenters. The van der Waals surface area contributed by atoms with Gasteiger partial charge in [0.1, 0.15) is 0 Å². The maximum absolute atomic E-state index is 11.7. The molecule has 3 N–H and O–H groups in total. The molecule has 1 aromatic carbocycles. The second kappa shape index (κ2) is 6.32. The first kappa shape index (κ1) is 15.6. The van der Waals surface area contributed by atoms with E-state index in [0.29, 0.717) is 17.1 Å². The fraction of sp³-hybridized carbons (Fsp3) is 0.231. The minimum Gasteiger partial charge on any atom is -0.323 e. The van der Waals surface area contributed by atoms with Gasteiger partial charge in [-0.1, -0.05) is 36.4 Å². The third-order valence-corrected chi connectivity index (χ3v) is 3.95. The van der Waals surface area contributed by atoms with Crippen molar-refractivity contribution in [2.45, 2.75) is 18.7 Å². The van der Waals surface area contributed by atoms with Gasteiger partial charge in [-0.05, 0) is 17.6 Å². The average Bonchev–Trinajstić information content (AvgIpc) is 3.23. The van der Waals surface area contributed by atoms with E-state index in [1.54, 1.807) is 30.3 Å². The van der Waals surface area contributed by atoms with Crippen molar-refractivity contribution in [2.75, 3.05) is 0 Å². The normalized spacial score (nSPS) is 15.7. The molecule has 0 saturated heterocycles. The van der Waals surface area contributed by atoms with Gasteiger partial charge < -0.3 is 9.79 Å². The van der Waals surface area contributed by atoms with Gasteiger partial charge in [-0.2, -0.15) is 0 Å². The second-order valence-electron chi connectivity index (χ2n) is 4.61. The number of nitrogens with zero attached hydrogens (tertiary/aromatic N) is 2. The van der Waals surface area contributed by atoms with E-state index in [9.17, 15) is 14.6 Å². The Labute approximate surface area is 121 Å². The lowest BCUT2D eigenvalue weighted by atomic mass is 10.2. The van der Waals surface area contributed by atoms with Crippen LogP contribution in [0.4, 0.5) is 0 Å². The monoisotopic (exact) mass is 310 g/mol. The summed E-state index contributed by atoms with van der Waals surface area (Å²) in [5.41, 5.74) is 1.22. The Kier molecular flexibility index (Phi) is 4.69. The molecule has 8 heteroatoms. The van der Waals surface area contributed by atoms with Crippen LogP contribution in [-0.2, 0) is 15.9 Å². The predicted octanol–water partition coefficient (Wildman–Crippen LogP) is 1.31. The number of rotatable bonds is 6. The van der Waals surface area contributed by atoms with E-state index in [0.717, 1.165) is 11.8 Å². The van der Waals surface area contributed by atoms with Gasteiger partial charge in [-0.15, -0.1) is 0 Å². The number of hydrogen-bond donors (Lipinski definition) is 3. The van der Waals surface area contributed by atoms with Crippen LogP contribution in [0.2, 0.25) is 0 Å². The molecule has 0 saturated carbocycles. The molecule has 0 heterocycles. The van der Waals surface area contributed by atoms with E-state index in [1.807, 2.05) is 6.07 Å². The summed E-state index contributed by atoms with van der Waals surface area (Å²) in [6.45, 7) is -0.0328. The van der Waals surface area contributed by atoms with Crippen LogP contribution in [0, 0.1) is 0 Å². The smallest absolute Gasteiger partial charge is 0.323 e. The Morgan fingerprint density at radius 2 is 2.00 bits per heavy atom. The third kappa shape index (κ3) is 4.61. The molecule has 0 radical (unpaired) electrons. The van der Waals surface area contributed by atoms with Crippen LogP contribution in [0.5, 0.6) is 0 Å². The number of amides is 1. The van der Waals surface area contributed by atoms with Crippen LogP contribution in [0.25, 0.3) is 0 Å². The molecular formula is C13H15N2O5P. The highest BCUT2D eigenvalue weighted by atomic mass is 31.2. The molecule has 0 aliphatic heterocycles. The first-order valence-corrected chi connectivity index (χ1v) is 7.87. The standard InChI is InChI=1S/C13H15N2O5P/c16-12(15(17)9-10-4-2-1-3-5-10)8-14-13(11-6-7-11)21(18,19)20/h1-6,8,13,17H,7,9H2,(H2,18,19,20). The summed E-state index contributed by atoms with van der Waals surface area (Å²) in [5.74, 6) is -2.16. The lowest BCUT2D eigenvalue weighted by molar-refractivity contribution is -0.158. The van der Waals surface area contributed by atoms with E-state index in [1.165, 1.54) is 0 Å². The van der Waals surface area contributed by atoms with Crippen molar-refractivity contribution in [2.24, 2.45) is 4.99 Å². The maximum Gasteiger partial charge on any atom is 0.354 e. The van der Waals surface area contributed by atoms with Crippen LogP contribution in [0.1, 0.15) is 12.0 Å². The van der Waals surface area contributed by atoms with Gasteiger partial charge in [0.25, 0.3) is 5.91 Å². The molecule has 0 fully saturated rings. The highest BCUT2D eigenvalue weighted by Crippen LogP contribution is 2.49. The van der Waals surface area contributed by atoms with Crippen LogP contribution >= 0.6 is 7.60 Å². The van der Waals surface area contributed by atoms with E-state index in [2.05, 4.69) is 4.99 Å². The van der Waals surface area contributed by atoms with Gasteiger partial charge >= 0.3 is 7.60 Å². The van der Waals surface area contributed by atoms with Crippen LogP contribution < -0.4 is 0 Å². The summed E-state index contributed by atoms with van der Waals surface area (Å²) in [7, 11) is -4.44. The summed E-state index contributed by atoms with van der Waals surface area (Å²) in [6.07, 6.45) is 2.85. The number of carbonyl (C=O) groups is 1.